The average molecular weight is 283 g/mol. The monoisotopic (exact) mass is 282 g/mol. The summed E-state index contributed by atoms with van der Waals surface area (Å²) in [5, 5.41) is 9.14. The van der Waals surface area contributed by atoms with Gasteiger partial charge < -0.3 is 5.73 Å². The molecule has 1 heterocycles. The fraction of sp³-hybridized carbons (Fsp3) is 0.333. The summed E-state index contributed by atoms with van der Waals surface area (Å²) in [7, 11) is 0. The van der Waals surface area contributed by atoms with E-state index >= 15 is 0 Å². The molecule has 2 N–H and O–H groups in total. The van der Waals surface area contributed by atoms with Crippen LogP contribution in [0.3, 0.4) is 0 Å². The summed E-state index contributed by atoms with van der Waals surface area (Å²) in [5.41, 5.74) is 7.80. The van der Waals surface area contributed by atoms with Gasteiger partial charge in [0.05, 0.1) is 22.3 Å². The first-order valence-corrected chi connectivity index (χ1v) is 6.54. The molecular weight excluding hydrogens is 271 g/mol. The van der Waals surface area contributed by atoms with E-state index in [0.29, 0.717) is 28.3 Å². The maximum Gasteiger partial charge on any atom is 0.169 e. The lowest BCUT2D eigenvalue weighted by Gasteiger charge is -2.08. The van der Waals surface area contributed by atoms with Crippen LogP contribution in [0.2, 0.25) is 10.0 Å². The first-order chi connectivity index (χ1) is 8.66. The highest BCUT2D eigenvalue weighted by Gasteiger charge is 2.30. The smallest absolute Gasteiger partial charge is 0.169 e. The van der Waals surface area contributed by atoms with E-state index in [0.717, 1.165) is 24.1 Å². The molecule has 0 radical (unpaired) electrons. The van der Waals surface area contributed by atoms with Crippen LogP contribution in [0.5, 0.6) is 0 Å². The number of hydrogen-bond acceptors (Lipinski definition) is 3. The maximum absolute atomic E-state index is 6.17. The standard InChI is InChI=1S/C12H12Cl2N4/c13-9-3-1-2-8(10(9)14)6-18-11(7-4-5-7)12(15)16-17-18/h1-3,7H,4-6,15H2. The number of nitrogen functional groups attached to an aromatic ring is 1. The number of nitrogens with two attached hydrogens (primary N) is 1. The highest BCUT2D eigenvalue weighted by Crippen LogP contribution is 2.42. The Morgan fingerprint density at radius 3 is 2.83 bits per heavy atom. The van der Waals surface area contributed by atoms with Gasteiger partial charge in [-0.25, -0.2) is 4.68 Å². The van der Waals surface area contributed by atoms with Gasteiger partial charge in [-0.05, 0) is 24.5 Å². The molecule has 1 fully saturated rings. The molecule has 0 aliphatic heterocycles. The van der Waals surface area contributed by atoms with Crippen molar-refractivity contribution in [3.8, 4) is 0 Å². The molecule has 4 nitrogen and oxygen atoms in total. The highest BCUT2D eigenvalue weighted by atomic mass is 35.5. The van der Waals surface area contributed by atoms with E-state index in [4.69, 9.17) is 28.9 Å². The molecule has 0 amide bonds. The van der Waals surface area contributed by atoms with Crippen LogP contribution in [0.1, 0.15) is 30.0 Å². The van der Waals surface area contributed by atoms with Crippen LogP contribution in [0.25, 0.3) is 0 Å². The minimum absolute atomic E-state index is 0.498. The van der Waals surface area contributed by atoms with Crippen LogP contribution < -0.4 is 5.73 Å². The summed E-state index contributed by atoms with van der Waals surface area (Å²) in [5.74, 6) is 1.02. The Kier molecular flexibility index (Phi) is 2.92. The molecule has 1 aromatic heterocycles. The Labute approximate surface area is 115 Å². The van der Waals surface area contributed by atoms with Gasteiger partial charge in [-0.15, -0.1) is 5.10 Å². The van der Waals surface area contributed by atoms with Crippen molar-refractivity contribution in [2.24, 2.45) is 0 Å². The second-order valence-electron chi connectivity index (χ2n) is 4.50. The van der Waals surface area contributed by atoms with Gasteiger partial charge in [0.1, 0.15) is 0 Å². The predicted octanol–water partition coefficient (Wildman–Crippen LogP) is 3.09. The zero-order valence-corrected chi connectivity index (χ0v) is 11.1. The van der Waals surface area contributed by atoms with Crippen LogP contribution in [-0.4, -0.2) is 15.0 Å². The number of aromatic nitrogens is 3. The molecule has 18 heavy (non-hydrogen) atoms. The van der Waals surface area contributed by atoms with E-state index < -0.39 is 0 Å². The van der Waals surface area contributed by atoms with Crippen LogP contribution in [0, 0.1) is 0 Å². The second kappa shape index (κ2) is 4.44. The molecule has 3 rings (SSSR count). The first kappa shape index (κ1) is 11.8. The summed E-state index contributed by atoms with van der Waals surface area (Å²) < 4.78 is 1.82. The SMILES string of the molecule is Nc1nnn(Cc2cccc(Cl)c2Cl)c1C1CC1. The van der Waals surface area contributed by atoms with E-state index in [2.05, 4.69) is 10.3 Å². The third-order valence-electron chi connectivity index (χ3n) is 3.12. The summed E-state index contributed by atoms with van der Waals surface area (Å²) in [6, 6.07) is 5.58. The molecule has 1 aromatic carbocycles. The molecule has 0 spiro atoms. The van der Waals surface area contributed by atoms with Crippen LogP contribution in [0.4, 0.5) is 5.82 Å². The van der Waals surface area contributed by atoms with Crippen molar-refractivity contribution in [1.29, 1.82) is 0 Å². The van der Waals surface area contributed by atoms with E-state index in [1.807, 2.05) is 16.8 Å². The number of anilines is 1. The quantitative estimate of drug-likeness (QED) is 0.941. The molecule has 1 aliphatic rings. The van der Waals surface area contributed by atoms with Gasteiger partial charge in [0, 0.05) is 5.92 Å². The Morgan fingerprint density at radius 1 is 1.33 bits per heavy atom. The van der Waals surface area contributed by atoms with Crippen molar-refractivity contribution >= 4 is 29.0 Å². The van der Waals surface area contributed by atoms with E-state index in [1.165, 1.54) is 0 Å². The number of halogens is 2. The average Bonchev–Trinajstić information content (AvgIpc) is 3.11. The van der Waals surface area contributed by atoms with E-state index in [-0.39, 0.29) is 0 Å². The molecule has 1 aliphatic carbocycles. The van der Waals surface area contributed by atoms with Crippen molar-refractivity contribution in [1.82, 2.24) is 15.0 Å². The lowest BCUT2D eigenvalue weighted by Crippen LogP contribution is -2.07. The molecule has 94 valence electrons. The molecule has 1 saturated carbocycles. The number of benzene rings is 1. The Morgan fingerprint density at radius 2 is 2.11 bits per heavy atom. The van der Waals surface area contributed by atoms with Gasteiger partial charge >= 0.3 is 0 Å². The first-order valence-electron chi connectivity index (χ1n) is 5.78. The van der Waals surface area contributed by atoms with E-state index in [9.17, 15) is 0 Å². The van der Waals surface area contributed by atoms with Crippen LogP contribution in [-0.2, 0) is 6.54 Å². The molecule has 0 bridgehead atoms. The predicted molar refractivity (Wildman–Crippen MR) is 72.0 cm³/mol. The van der Waals surface area contributed by atoms with Gasteiger partial charge in [0.2, 0.25) is 0 Å². The number of hydrogen-bond donors (Lipinski definition) is 1. The molecule has 0 atom stereocenters. The second-order valence-corrected chi connectivity index (χ2v) is 5.29. The number of nitrogens with zero attached hydrogens (tertiary/aromatic N) is 3. The Hall–Kier alpha value is -1.26. The molecule has 0 saturated heterocycles. The Bertz CT molecular complexity index is 590. The van der Waals surface area contributed by atoms with Gasteiger partial charge in [-0.3, -0.25) is 0 Å². The van der Waals surface area contributed by atoms with Crippen LogP contribution >= 0.6 is 23.2 Å². The van der Waals surface area contributed by atoms with Crippen molar-refractivity contribution in [3.63, 3.8) is 0 Å². The summed E-state index contributed by atoms with van der Waals surface area (Å²) in [6.07, 6.45) is 2.31. The highest BCUT2D eigenvalue weighted by molar-refractivity contribution is 6.42. The van der Waals surface area contributed by atoms with E-state index in [1.54, 1.807) is 6.07 Å². The summed E-state index contributed by atoms with van der Waals surface area (Å²) >= 11 is 12.2. The van der Waals surface area contributed by atoms with Crippen molar-refractivity contribution < 1.29 is 0 Å². The number of rotatable bonds is 3. The molecular formula is C12H12Cl2N4. The Balaban J connectivity index is 1.95. The third kappa shape index (κ3) is 2.06. The zero-order valence-electron chi connectivity index (χ0n) is 9.61. The van der Waals surface area contributed by atoms with Crippen molar-refractivity contribution in [2.75, 3.05) is 5.73 Å². The third-order valence-corrected chi connectivity index (χ3v) is 3.97. The summed E-state index contributed by atoms with van der Waals surface area (Å²) in [6.45, 7) is 0.551. The zero-order chi connectivity index (χ0) is 12.7. The molecule has 6 heteroatoms. The minimum atomic E-state index is 0.498. The van der Waals surface area contributed by atoms with Gasteiger partial charge in [-0.1, -0.05) is 40.5 Å². The lowest BCUT2D eigenvalue weighted by atomic mass is 10.2. The van der Waals surface area contributed by atoms with Gasteiger partial charge in [0.25, 0.3) is 0 Å². The maximum atomic E-state index is 6.17. The largest absolute Gasteiger partial charge is 0.381 e. The minimum Gasteiger partial charge on any atom is -0.381 e. The van der Waals surface area contributed by atoms with Gasteiger partial charge in [0.15, 0.2) is 5.82 Å². The summed E-state index contributed by atoms with van der Waals surface area (Å²) in [4.78, 5) is 0. The van der Waals surface area contributed by atoms with Crippen LogP contribution in [0.15, 0.2) is 18.2 Å². The fourth-order valence-electron chi connectivity index (χ4n) is 2.06. The molecule has 2 aromatic rings. The normalized spacial score (nSPS) is 15.0. The topological polar surface area (TPSA) is 56.7 Å². The van der Waals surface area contributed by atoms with Gasteiger partial charge in [-0.2, -0.15) is 0 Å². The fourth-order valence-corrected chi connectivity index (χ4v) is 2.44. The lowest BCUT2D eigenvalue weighted by molar-refractivity contribution is 0.619. The molecule has 0 unspecified atom stereocenters. The van der Waals surface area contributed by atoms with Crippen molar-refractivity contribution in [3.05, 3.63) is 39.5 Å². The van der Waals surface area contributed by atoms with Crippen molar-refractivity contribution in [2.45, 2.75) is 25.3 Å².